The number of benzene rings is 1. The molecule has 1 aliphatic carbocycles. The predicted octanol–water partition coefficient (Wildman–Crippen LogP) is 3.89. The van der Waals surface area contributed by atoms with E-state index in [1.807, 2.05) is 30.1 Å². The molecular formula is C31H49N5O6S. The first-order valence-electron chi connectivity index (χ1n) is 16.0. The summed E-state index contributed by atoms with van der Waals surface area (Å²) in [6, 6.07) is 5.55. The largest absolute Gasteiger partial charge is 0.452 e. The fourth-order valence-electron chi connectivity index (χ4n) is 7.38. The zero-order valence-corrected chi connectivity index (χ0v) is 26.7. The lowest BCUT2D eigenvalue weighted by Crippen LogP contribution is -2.54. The number of ether oxygens (including phenoxy) is 2. The van der Waals surface area contributed by atoms with Gasteiger partial charge in [0.2, 0.25) is 0 Å². The van der Waals surface area contributed by atoms with E-state index in [1.165, 1.54) is 58.3 Å². The maximum atomic E-state index is 14.0. The number of nitrogens with zero attached hydrogens (tertiary/aromatic N) is 3. The lowest BCUT2D eigenvalue weighted by atomic mass is 9.76. The van der Waals surface area contributed by atoms with Crippen molar-refractivity contribution in [2.24, 2.45) is 11.8 Å². The first-order chi connectivity index (χ1) is 20.6. The molecule has 12 heteroatoms. The average Bonchev–Trinajstić information content (AvgIpc) is 3.44. The number of sulfone groups is 1. The third kappa shape index (κ3) is 7.82. The lowest BCUT2D eigenvalue weighted by molar-refractivity contribution is 0.0203. The molecule has 1 aromatic rings. The smallest absolute Gasteiger partial charge is 0.414 e. The van der Waals surface area contributed by atoms with Crippen LogP contribution in [0.15, 0.2) is 18.2 Å². The second-order valence-corrected chi connectivity index (χ2v) is 15.1. The van der Waals surface area contributed by atoms with Crippen LogP contribution in [-0.4, -0.2) is 96.1 Å². The van der Waals surface area contributed by atoms with E-state index in [2.05, 4.69) is 10.7 Å². The van der Waals surface area contributed by atoms with Crippen molar-refractivity contribution < 1.29 is 27.5 Å². The van der Waals surface area contributed by atoms with E-state index in [0.29, 0.717) is 55.9 Å². The predicted molar refractivity (Wildman–Crippen MR) is 167 cm³/mol. The number of hydrogen-bond donors (Lipinski definition) is 2. The highest BCUT2D eigenvalue weighted by molar-refractivity contribution is 7.90. The van der Waals surface area contributed by atoms with Crippen LogP contribution in [-0.2, 0) is 19.3 Å². The minimum absolute atomic E-state index is 0.0837. The van der Waals surface area contributed by atoms with Crippen molar-refractivity contribution in [3.05, 3.63) is 23.8 Å². The summed E-state index contributed by atoms with van der Waals surface area (Å²) in [5, 5.41) is 5.39. The van der Waals surface area contributed by atoms with Gasteiger partial charge >= 0.3 is 12.2 Å². The highest BCUT2D eigenvalue weighted by Gasteiger charge is 2.40. The first-order valence-corrected chi connectivity index (χ1v) is 18.1. The highest BCUT2D eigenvalue weighted by Crippen LogP contribution is 2.40. The second-order valence-electron chi connectivity index (χ2n) is 12.9. The normalized spacial score (nSPS) is 27.7. The summed E-state index contributed by atoms with van der Waals surface area (Å²) < 4.78 is 34.8. The number of carbonyl (C=O) groups is 2. The number of hydrazine groups is 1. The van der Waals surface area contributed by atoms with Gasteiger partial charge in [-0.2, -0.15) is 0 Å². The van der Waals surface area contributed by atoms with Crippen LogP contribution in [0.25, 0.3) is 0 Å². The average molecular weight is 620 g/mol. The number of methoxy groups -OCH3 is 1. The van der Waals surface area contributed by atoms with Gasteiger partial charge in [-0.25, -0.2) is 23.0 Å². The number of nitrogens with one attached hydrogen (secondary N) is 2. The van der Waals surface area contributed by atoms with Gasteiger partial charge in [0, 0.05) is 44.3 Å². The molecule has 2 N–H and O–H groups in total. The Morgan fingerprint density at radius 3 is 2.44 bits per heavy atom. The second kappa shape index (κ2) is 14.1. The topological polar surface area (TPSA) is 121 Å². The minimum atomic E-state index is -3.07. The Bertz CT molecular complexity index is 1240. The molecule has 0 bridgehead atoms. The summed E-state index contributed by atoms with van der Waals surface area (Å²) in [4.78, 5) is 30.1. The molecule has 11 nitrogen and oxygen atoms in total. The van der Waals surface area contributed by atoms with Crippen molar-refractivity contribution in [2.75, 3.05) is 68.2 Å². The molecule has 0 radical (unpaired) electrons. The third-order valence-corrected chi connectivity index (χ3v) is 10.6. The fourth-order valence-corrected chi connectivity index (χ4v) is 7.93. The molecule has 2 amide bonds. The summed E-state index contributed by atoms with van der Waals surface area (Å²) in [6.45, 7) is 5.52. The fraction of sp³-hybridized carbons (Fsp3) is 0.742. The van der Waals surface area contributed by atoms with Crippen LogP contribution in [0.3, 0.4) is 0 Å². The van der Waals surface area contributed by atoms with Crippen molar-refractivity contribution in [3.63, 3.8) is 0 Å². The van der Waals surface area contributed by atoms with Crippen molar-refractivity contribution in [1.29, 1.82) is 0 Å². The number of amides is 2. The molecule has 0 aromatic heterocycles. The van der Waals surface area contributed by atoms with E-state index in [4.69, 9.17) is 9.47 Å². The number of fused-ring (bicyclic) bond motifs is 1. The van der Waals surface area contributed by atoms with Gasteiger partial charge in [0.1, 0.15) is 15.9 Å². The van der Waals surface area contributed by atoms with Gasteiger partial charge in [0.25, 0.3) is 0 Å². The maximum absolute atomic E-state index is 14.0. The van der Waals surface area contributed by atoms with Crippen LogP contribution in [0, 0.1) is 11.8 Å². The quantitative estimate of drug-likeness (QED) is 0.489. The zero-order valence-electron chi connectivity index (χ0n) is 25.9. The van der Waals surface area contributed by atoms with Crippen molar-refractivity contribution in [1.82, 2.24) is 15.8 Å². The standard InChI is InChI=1S/C31H49N5O6S/c1-22-20-35(30(37)42-29-19-32-14-13-26(29)23-9-7-5-4-6-8-10-23)28-17-24(11-12-27(28)36(22)31(38)41-2)25-18-33-34(21-25)15-16-43(3,39)40/h11-12,17,22-23,25-26,29,32-33H,4-10,13-16,18-21H2,1-3H3/t22-,25?,26?,29?/m0/s1. The Kier molecular flexibility index (Phi) is 10.5. The van der Waals surface area contributed by atoms with Gasteiger partial charge in [-0.1, -0.05) is 51.0 Å². The summed E-state index contributed by atoms with van der Waals surface area (Å²) in [5.74, 6) is 1.11. The van der Waals surface area contributed by atoms with Crippen LogP contribution in [0.4, 0.5) is 21.0 Å². The number of piperidine rings is 1. The number of carbonyl (C=O) groups excluding carboxylic acids is 2. The molecule has 2 saturated heterocycles. The van der Waals surface area contributed by atoms with E-state index in [0.717, 1.165) is 18.5 Å². The van der Waals surface area contributed by atoms with Crippen LogP contribution in [0.2, 0.25) is 0 Å². The Hall–Kier alpha value is -2.41. The maximum Gasteiger partial charge on any atom is 0.414 e. The minimum Gasteiger partial charge on any atom is -0.452 e. The molecule has 3 heterocycles. The summed E-state index contributed by atoms with van der Waals surface area (Å²) in [7, 11) is -1.70. The van der Waals surface area contributed by atoms with Crippen LogP contribution in [0.5, 0.6) is 0 Å². The lowest BCUT2D eigenvalue weighted by Gasteiger charge is -2.42. The zero-order chi connectivity index (χ0) is 30.6. The first kappa shape index (κ1) is 32.0. The molecule has 5 rings (SSSR count). The number of hydrogen-bond acceptors (Lipinski definition) is 9. The van der Waals surface area contributed by atoms with E-state index < -0.39 is 15.9 Å². The molecule has 3 aliphatic heterocycles. The Balaban J connectivity index is 1.37. The van der Waals surface area contributed by atoms with Gasteiger partial charge in [-0.15, -0.1) is 0 Å². The molecule has 4 aliphatic rings. The van der Waals surface area contributed by atoms with Gasteiger partial charge in [-0.05, 0) is 43.5 Å². The SMILES string of the molecule is COC(=O)N1c2ccc(C3CNN(CCS(C)(=O)=O)C3)cc2N(C(=O)OC2CNCCC2C2CCCCCCC2)C[C@@H]1C. The van der Waals surface area contributed by atoms with Crippen LogP contribution in [0.1, 0.15) is 69.8 Å². The van der Waals surface area contributed by atoms with E-state index in [1.54, 1.807) is 9.80 Å². The van der Waals surface area contributed by atoms with Crippen molar-refractivity contribution >= 4 is 33.4 Å². The molecular weight excluding hydrogens is 570 g/mol. The van der Waals surface area contributed by atoms with Crippen molar-refractivity contribution in [3.8, 4) is 0 Å². The molecule has 3 fully saturated rings. The molecule has 43 heavy (non-hydrogen) atoms. The summed E-state index contributed by atoms with van der Waals surface area (Å²) >= 11 is 0. The molecule has 240 valence electrons. The van der Waals surface area contributed by atoms with Crippen LogP contribution >= 0.6 is 0 Å². The van der Waals surface area contributed by atoms with Crippen LogP contribution < -0.4 is 20.5 Å². The summed E-state index contributed by atoms with van der Waals surface area (Å²) in [6.07, 6.45) is 10.0. The van der Waals surface area contributed by atoms with Gasteiger partial charge < -0.3 is 14.8 Å². The molecule has 1 aromatic carbocycles. The molecule has 1 saturated carbocycles. The highest BCUT2D eigenvalue weighted by atomic mass is 32.2. The Morgan fingerprint density at radius 1 is 0.977 bits per heavy atom. The Morgan fingerprint density at radius 2 is 1.72 bits per heavy atom. The number of rotatable bonds is 6. The Labute approximate surface area is 256 Å². The van der Waals surface area contributed by atoms with Crippen molar-refractivity contribution in [2.45, 2.75) is 76.4 Å². The monoisotopic (exact) mass is 619 g/mol. The molecule has 0 spiro atoms. The van der Waals surface area contributed by atoms with Gasteiger partial charge in [0.05, 0.1) is 36.8 Å². The van der Waals surface area contributed by atoms with Gasteiger partial charge in [0.15, 0.2) is 0 Å². The van der Waals surface area contributed by atoms with E-state index in [-0.39, 0.29) is 29.9 Å². The third-order valence-electron chi connectivity index (χ3n) is 9.72. The van der Waals surface area contributed by atoms with Gasteiger partial charge in [-0.3, -0.25) is 15.2 Å². The number of anilines is 2. The summed E-state index contributed by atoms with van der Waals surface area (Å²) in [5.41, 5.74) is 5.56. The van der Waals surface area contributed by atoms with E-state index in [9.17, 15) is 18.0 Å². The van der Waals surface area contributed by atoms with E-state index >= 15 is 0 Å². The molecule has 4 atom stereocenters. The molecule has 3 unspecified atom stereocenters.